The van der Waals surface area contributed by atoms with E-state index >= 15 is 0 Å². The third-order valence-corrected chi connectivity index (χ3v) is 1.54. The predicted molar refractivity (Wildman–Crippen MR) is 39.5 cm³/mol. The molecule has 3 nitrogen and oxygen atoms in total. The second kappa shape index (κ2) is 5.23. The molecule has 0 aromatic carbocycles. The molecule has 0 aliphatic heterocycles. The Morgan fingerprint density at radius 2 is 2.30 bits per heavy atom. The third-order valence-electron chi connectivity index (χ3n) is 1.54. The quantitative estimate of drug-likeness (QED) is 0.587. The Morgan fingerprint density at radius 1 is 1.70 bits per heavy atom. The average Bonchev–Trinajstić information content (AvgIpc) is 1.99. The molecule has 2 N–H and O–H groups in total. The van der Waals surface area contributed by atoms with Crippen LogP contribution in [0.25, 0.3) is 0 Å². The Labute approximate surface area is 61.5 Å². The van der Waals surface area contributed by atoms with Crippen molar-refractivity contribution in [2.75, 3.05) is 13.7 Å². The van der Waals surface area contributed by atoms with E-state index in [2.05, 4.69) is 4.74 Å². The molecule has 1 unspecified atom stereocenters. The van der Waals surface area contributed by atoms with Crippen molar-refractivity contribution in [2.24, 2.45) is 11.7 Å². The molecule has 0 spiro atoms. The van der Waals surface area contributed by atoms with Crippen molar-refractivity contribution in [3.05, 3.63) is 0 Å². The first-order valence-electron chi connectivity index (χ1n) is 3.54. The van der Waals surface area contributed by atoms with Crippen LogP contribution in [0.1, 0.15) is 19.8 Å². The number of carbonyl (C=O) groups is 1. The van der Waals surface area contributed by atoms with E-state index in [4.69, 9.17) is 5.73 Å². The Kier molecular flexibility index (Phi) is 4.94. The monoisotopic (exact) mass is 145 g/mol. The highest BCUT2D eigenvalue weighted by Crippen LogP contribution is 2.07. The van der Waals surface area contributed by atoms with Gasteiger partial charge < -0.3 is 10.5 Å². The van der Waals surface area contributed by atoms with Crippen LogP contribution < -0.4 is 5.73 Å². The molecule has 0 aromatic heterocycles. The summed E-state index contributed by atoms with van der Waals surface area (Å²) in [6, 6.07) is 0. The standard InChI is InChI=1S/C7H15NO2/c1-3-6(4-5-8)7(9)10-2/h6H,3-5,8H2,1-2H3. The van der Waals surface area contributed by atoms with Crippen molar-refractivity contribution in [2.45, 2.75) is 19.8 Å². The second-order valence-corrected chi connectivity index (χ2v) is 2.21. The smallest absolute Gasteiger partial charge is 0.308 e. The number of esters is 1. The first-order chi connectivity index (χ1) is 4.76. The van der Waals surface area contributed by atoms with Crippen molar-refractivity contribution in [3.8, 4) is 0 Å². The molecule has 0 saturated heterocycles. The Hall–Kier alpha value is -0.570. The first-order valence-corrected chi connectivity index (χ1v) is 3.54. The van der Waals surface area contributed by atoms with Crippen LogP contribution >= 0.6 is 0 Å². The van der Waals surface area contributed by atoms with Crippen LogP contribution in [0.2, 0.25) is 0 Å². The molecule has 0 aliphatic carbocycles. The summed E-state index contributed by atoms with van der Waals surface area (Å²) in [5, 5.41) is 0. The van der Waals surface area contributed by atoms with E-state index in [1.807, 2.05) is 6.92 Å². The number of rotatable bonds is 4. The van der Waals surface area contributed by atoms with Gasteiger partial charge in [-0.3, -0.25) is 4.79 Å². The minimum atomic E-state index is -0.145. The molecule has 1 atom stereocenters. The fourth-order valence-electron chi connectivity index (χ4n) is 0.856. The molecule has 0 aromatic rings. The molecule has 0 radical (unpaired) electrons. The van der Waals surface area contributed by atoms with E-state index in [0.717, 1.165) is 12.8 Å². The van der Waals surface area contributed by atoms with Crippen molar-refractivity contribution >= 4 is 5.97 Å². The van der Waals surface area contributed by atoms with Crippen molar-refractivity contribution < 1.29 is 9.53 Å². The highest BCUT2D eigenvalue weighted by atomic mass is 16.5. The van der Waals surface area contributed by atoms with Crippen molar-refractivity contribution in [1.82, 2.24) is 0 Å². The van der Waals surface area contributed by atoms with E-state index in [9.17, 15) is 4.79 Å². The number of carbonyl (C=O) groups excluding carboxylic acids is 1. The van der Waals surface area contributed by atoms with Gasteiger partial charge in [-0.05, 0) is 19.4 Å². The fraction of sp³-hybridized carbons (Fsp3) is 0.857. The average molecular weight is 145 g/mol. The van der Waals surface area contributed by atoms with Gasteiger partial charge in [0.2, 0.25) is 0 Å². The lowest BCUT2D eigenvalue weighted by Crippen LogP contribution is -2.18. The molecular formula is C7H15NO2. The van der Waals surface area contributed by atoms with Gasteiger partial charge in [0, 0.05) is 0 Å². The minimum absolute atomic E-state index is 0.00463. The van der Waals surface area contributed by atoms with Gasteiger partial charge in [-0.15, -0.1) is 0 Å². The van der Waals surface area contributed by atoms with Gasteiger partial charge >= 0.3 is 5.97 Å². The van der Waals surface area contributed by atoms with E-state index in [0.29, 0.717) is 6.54 Å². The van der Waals surface area contributed by atoms with Crippen LogP contribution in [0.3, 0.4) is 0 Å². The number of hydrogen-bond donors (Lipinski definition) is 1. The molecule has 3 heteroatoms. The number of nitrogens with two attached hydrogens (primary N) is 1. The molecular weight excluding hydrogens is 130 g/mol. The van der Waals surface area contributed by atoms with Gasteiger partial charge in [-0.25, -0.2) is 0 Å². The highest BCUT2D eigenvalue weighted by molar-refractivity contribution is 5.72. The van der Waals surface area contributed by atoms with Crippen LogP contribution in [0, 0.1) is 5.92 Å². The zero-order chi connectivity index (χ0) is 7.98. The van der Waals surface area contributed by atoms with Gasteiger partial charge in [0.05, 0.1) is 13.0 Å². The summed E-state index contributed by atoms with van der Waals surface area (Å²) in [6.07, 6.45) is 1.53. The van der Waals surface area contributed by atoms with Gasteiger partial charge in [0.25, 0.3) is 0 Å². The van der Waals surface area contributed by atoms with Gasteiger partial charge in [0.1, 0.15) is 0 Å². The molecule has 10 heavy (non-hydrogen) atoms. The summed E-state index contributed by atoms with van der Waals surface area (Å²) in [5.74, 6) is -0.150. The normalized spacial score (nSPS) is 12.7. The second-order valence-electron chi connectivity index (χ2n) is 2.21. The lowest BCUT2D eigenvalue weighted by atomic mass is 10.0. The maximum atomic E-state index is 10.9. The van der Waals surface area contributed by atoms with Crippen molar-refractivity contribution in [1.29, 1.82) is 0 Å². The molecule has 0 bridgehead atoms. The van der Waals surface area contributed by atoms with Gasteiger partial charge in [-0.1, -0.05) is 6.92 Å². The minimum Gasteiger partial charge on any atom is -0.469 e. The Morgan fingerprint density at radius 3 is 2.60 bits per heavy atom. The lowest BCUT2D eigenvalue weighted by Gasteiger charge is -2.09. The van der Waals surface area contributed by atoms with Gasteiger partial charge in [-0.2, -0.15) is 0 Å². The number of methoxy groups -OCH3 is 1. The van der Waals surface area contributed by atoms with Crippen LogP contribution in [-0.2, 0) is 9.53 Å². The SMILES string of the molecule is CCC(CCN)C(=O)OC. The van der Waals surface area contributed by atoms with Crippen LogP contribution in [0.4, 0.5) is 0 Å². The molecule has 60 valence electrons. The van der Waals surface area contributed by atoms with E-state index in [1.54, 1.807) is 0 Å². The van der Waals surface area contributed by atoms with Crippen molar-refractivity contribution in [3.63, 3.8) is 0 Å². The fourth-order valence-corrected chi connectivity index (χ4v) is 0.856. The maximum absolute atomic E-state index is 10.9. The molecule has 0 amide bonds. The summed E-state index contributed by atoms with van der Waals surface area (Å²) in [4.78, 5) is 10.9. The van der Waals surface area contributed by atoms with E-state index < -0.39 is 0 Å². The summed E-state index contributed by atoms with van der Waals surface area (Å²) in [7, 11) is 1.40. The molecule has 0 fully saturated rings. The number of ether oxygens (including phenoxy) is 1. The van der Waals surface area contributed by atoms with Crippen LogP contribution in [0.15, 0.2) is 0 Å². The van der Waals surface area contributed by atoms with E-state index in [1.165, 1.54) is 7.11 Å². The molecule has 0 aliphatic rings. The maximum Gasteiger partial charge on any atom is 0.308 e. The first kappa shape index (κ1) is 9.43. The van der Waals surface area contributed by atoms with Crippen LogP contribution in [0.5, 0.6) is 0 Å². The summed E-state index contributed by atoms with van der Waals surface area (Å²) in [5.41, 5.74) is 5.29. The number of hydrogen-bond acceptors (Lipinski definition) is 3. The highest BCUT2D eigenvalue weighted by Gasteiger charge is 2.14. The summed E-state index contributed by atoms with van der Waals surface area (Å²) in [6.45, 7) is 2.50. The summed E-state index contributed by atoms with van der Waals surface area (Å²) < 4.78 is 4.56. The largest absolute Gasteiger partial charge is 0.469 e. The Bertz CT molecular complexity index is 104. The van der Waals surface area contributed by atoms with Crippen LogP contribution in [-0.4, -0.2) is 19.6 Å². The Balaban J connectivity index is 3.68. The van der Waals surface area contributed by atoms with E-state index in [-0.39, 0.29) is 11.9 Å². The third kappa shape index (κ3) is 2.82. The summed E-state index contributed by atoms with van der Waals surface area (Å²) >= 11 is 0. The zero-order valence-corrected chi connectivity index (χ0v) is 6.59. The molecule has 0 saturated carbocycles. The predicted octanol–water partition coefficient (Wildman–Crippen LogP) is 0.534. The lowest BCUT2D eigenvalue weighted by molar-refractivity contribution is -0.145. The zero-order valence-electron chi connectivity index (χ0n) is 6.59. The molecule has 0 heterocycles. The molecule has 0 rings (SSSR count). The van der Waals surface area contributed by atoms with Gasteiger partial charge in [0.15, 0.2) is 0 Å². The topological polar surface area (TPSA) is 52.3 Å².